The van der Waals surface area contributed by atoms with Gasteiger partial charge in [0.1, 0.15) is 0 Å². The lowest BCUT2D eigenvalue weighted by atomic mass is 9.98. The Bertz CT molecular complexity index is 103. The first-order valence-electron chi connectivity index (χ1n) is 5.84. The fourth-order valence-corrected chi connectivity index (χ4v) is 1.97. The van der Waals surface area contributed by atoms with E-state index in [9.17, 15) is 0 Å². The molecule has 0 spiro atoms. The normalized spacial score (nSPS) is 19.5. The minimum absolute atomic E-state index is 1.03. The molecule has 0 N–H and O–H groups in total. The topological polar surface area (TPSA) is 0 Å². The molecule has 0 aromatic heterocycles. The van der Waals surface area contributed by atoms with Crippen molar-refractivity contribution in [3.63, 3.8) is 0 Å². The molecule has 1 unspecified atom stereocenters. The Morgan fingerprint density at radius 3 is 2.33 bits per heavy atom. The Labute approximate surface area is 77.7 Å². The summed E-state index contributed by atoms with van der Waals surface area (Å²) in [5, 5.41) is 0. The van der Waals surface area contributed by atoms with Crippen molar-refractivity contribution in [3.8, 4) is 0 Å². The predicted molar refractivity (Wildman–Crippen MR) is 55.3 cm³/mol. The zero-order chi connectivity index (χ0) is 8.81. The fraction of sp³-hybridized carbons (Fsp3) is 1.00. The number of hydrogen-bond donors (Lipinski definition) is 0. The summed E-state index contributed by atoms with van der Waals surface area (Å²) in [6.07, 6.45) is 11.8. The predicted octanol–water partition coefficient (Wildman–Crippen LogP) is 4.39. The lowest BCUT2D eigenvalue weighted by Gasteiger charge is -2.08. The van der Waals surface area contributed by atoms with E-state index in [1.165, 1.54) is 51.4 Å². The third-order valence-electron chi connectivity index (χ3n) is 3.19. The van der Waals surface area contributed by atoms with Gasteiger partial charge in [0.25, 0.3) is 0 Å². The molecule has 0 aromatic rings. The molecular weight excluding hydrogens is 144 g/mol. The van der Waals surface area contributed by atoms with Gasteiger partial charge in [-0.05, 0) is 24.7 Å². The van der Waals surface area contributed by atoms with E-state index < -0.39 is 0 Å². The molecular formula is C12H24. The van der Waals surface area contributed by atoms with Crippen molar-refractivity contribution in [2.45, 2.75) is 65.2 Å². The minimum atomic E-state index is 1.03. The zero-order valence-corrected chi connectivity index (χ0v) is 8.81. The van der Waals surface area contributed by atoms with Crippen LogP contribution in [0.5, 0.6) is 0 Å². The first-order chi connectivity index (χ1) is 5.84. The molecule has 1 saturated carbocycles. The summed E-state index contributed by atoms with van der Waals surface area (Å²) in [5.41, 5.74) is 0. The van der Waals surface area contributed by atoms with E-state index in [1.807, 2.05) is 0 Å². The van der Waals surface area contributed by atoms with E-state index in [0.29, 0.717) is 0 Å². The average Bonchev–Trinajstić information content (AvgIpc) is 2.86. The van der Waals surface area contributed by atoms with E-state index in [2.05, 4.69) is 13.8 Å². The highest BCUT2D eigenvalue weighted by Crippen LogP contribution is 2.38. The molecule has 0 radical (unpaired) electrons. The fourth-order valence-electron chi connectivity index (χ4n) is 1.97. The number of hydrogen-bond acceptors (Lipinski definition) is 0. The van der Waals surface area contributed by atoms with Crippen LogP contribution in [0.25, 0.3) is 0 Å². The molecule has 0 heterocycles. The molecule has 1 atom stereocenters. The first kappa shape index (κ1) is 10.1. The Kier molecular flexibility index (Phi) is 4.72. The summed E-state index contributed by atoms with van der Waals surface area (Å²) in [5.74, 6) is 2.16. The summed E-state index contributed by atoms with van der Waals surface area (Å²) < 4.78 is 0. The third kappa shape index (κ3) is 4.13. The van der Waals surface area contributed by atoms with E-state index in [0.717, 1.165) is 11.8 Å². The van der Waals surface area contributed by atoms with Crippen LogP contribution in [-0.2, 0) is 0 Å². The highest BCUT2D eigenvalue weighted by molar-refractivity contribution is 4.78. The van der Waals surface area contributed by atoms with Crippen molar-refractivity contribution < 1.29 is 0 Å². The zero-order valence-electron chi connectivity index (χ0n) is 8.81. The van der Waals surface area contributed by atoms with Gasteiger partial charge in [0.05, 0.1) is 0 Å². The van der Waals surface area contributed by atoms with Gasteiger partial charge in [-0.2, -0.15) is 0 Å². The highest BCUT2D eigenvalue weighted by Gasteiger charge is 2.26. The largest absolute Gasteiger partial charge is 0.0654 e. The van der Waals surface area contributed by atoms with Crippen molar-refractivity contribution in [2.24, 2.45) is 11.8 Å². The lowest BCUT2D eigenvalue weighted by Crippen LogP contribution is -1.96. The van der Waals surface area contributed by atoms with Gasteiger partial charge < -0.3 is 0 Å². The molecule has 0 nitrogen and oxygen atoms in total. The second-order valence-electron chi connectivity index (χ2n) is 4.52. The molecule has 1 rings (SSSR count). The van der Waals surface area contributed by atoms with Gasteiger partial charge in [0.15, 0.2) is 0 Å². The molecule has 0 aliphatic heterocycles. The Hall–Kier alpha value is 0. The first-order valence-corrected chi connectivity index (χ1v) is 5.84. The van der Waals surface area contributed by atoms with Gasteiger partial charge in [-0.15, -0.1) is 0 Å². The second-order valence-corrected chi connectivity index (χ2v) is 4.52. The van der Waals surface area contributed by atoms with Gasteiger partial charge in [0, 0.05) is 0 Å². The van der Waals surface area contributed by atoms with Crippen LogP contribution >= 0.6 is 0 Å². The maximum absolute atomic E-state index is 2.44. The second kappa shape index (κ2) is 5.61. The monoisotopic (exact) mass is 168 g/mol. The molecule has 72 valence electrons. The summed E-state index contributed by atoms with van der Waals surface area (Å²) >= 11 is 0. The standard InChI is InChI=1S/C12H24/c1-3-4-5-6-7-8-11(2)12-9-10-12/h11-12H,3-10H2,1-2H3. The Balaban J connectivity index is 1.81. The Morgan fingerprint density at radius 1 is 1.08 bits per heavy atom. The maximum atomic E-state index is 2.44. The van der Waals surface area contributed by atoms with Gasteiger partial charge in [-0.1, -0.05) is 52.4 Å². The van der Waals surface area contributed by atoms with Crippen molar-refractivity contribution >= 4 is 0 Å². The summed E-state index contributed by atoms with van der Waals surface area (Å²) in [4.78, 5) is 0. The van der Waals surface area contributed by atoms with Gasteiger partial charge in [0.2, 0.25) is 0 Å². The number of rotatable bonds is 7. The van der Waals surface area contributed by atoms with Crippen LogP contribution in [0.2, 0.25) is 0 Å². The Morgan fingerprint density at radius 2 is 1.75 bits per heavy atom. The molecule has 0 heteroatoms. The van der Waals surface area contributed by atoms with Crippen LogP contribution < -0.4 is 0 Å². The summed E-state index contributed by atoms with van der Waals surface area (Å²) in [6, 6.07) is 0. The van der Waals surface area contributed by atoms with Crippen LogP contribution in [0.3, 0.4) is 0 Å². The highest BCUT2D eigenvalue weighted by atomic mass is 14.3. The van der Waals surface area contributed by atoms with E-state index >= 15 is 0 Å². The molecule has 0 aromatic carbocycles. The molecule has 0 amide bonds. The van der Waals surface area contributed by atoms with Crippen molar-refractivity contribution in [3.05, 3.63) is 0 Å². The third-order valence-corrected chi connectivity index (χ3v) is 3.19. The minimum Gasteiger partial charge on any atom is -0.0654 e. The molecule has 12 heavy (non-hydrogen) atoms. The van der Waals surface area contributed by atoms with E-state index in [4.69, 9.17) is 0 Å². The van der Waals surface area contributed by atoms with Crippen LogP contribution in [-0.4, -0.2) is 0 Å². The maximum Gasteiger partial charge on any atom is -0.0388 e. The van der Waals surface area contributed by atoms with Crippen LogP contribution in [0.4, 0.5) is 0 Å². The van der Waals surface area contributed by atoms with Crippen LogP contribution in [0, 0.1) is 11.8 Å². The quantitative estimate of drug-likeness (QED) is 0.494. The van der Waals surface area contributed by atoms with Crippen molar-refractivity contribution in [2.75, 3.05) is 0 Å². The van der Waals surface area contributed by atoms with Crippen LogP contribution in [0.1, 0.15) is 65.2 Å². The molecule has 0 bridgehead atoms. The summed E-state index contributed by atoms with van der Waals surface area (Å²) in [7, 11) is 0. The smallest absolute Gasteiger partial charge is 0.0388 e. The van der Waals surface area contributed by atoms with Gasteiger partial charge in [-0.25, -0.2) is 0 Å². The lowest BCUT2D eigenvalue weighted by molar-refractivity contribution is 0.439. The average molecular weight is 168 g/mol. The van der Waals surface area contributed by atoms with E-state index in [-0.39, 0.29) is 0 Å². The molecule has 1 aliphatic carbocycles. The molecule has 1 fully saturated rings. The van der Waals surface area contributed by atoms with Gasteiger partial charge >= 0.3 is 0 Å². The number of unbranched alkanes of at least 4 members (excludes halogenated alkanes) is 4. The SMILES string of the molecule is CCCCCCCC(C)C1CC1. The van der Waals surface area contributed by atoms with Crippen molar-refractivity contribution in [1.29, 1.82) is 0 Å². The molecule has 1 aliphatic rings. The van der Waals surface area contributed by atoms with Crippen LogP contribution in [0.15, 0.2) is 0 Å². The van der Waals surface area contributed by atoms with Crippen molar-refractivity contribution in [1.82, 2.24) is 0 Å². The molecule has 0 saturated heterocycles. The van der Waals surface area contributed by atoms with E-state index in [1.54, 1.807) is 0 Å². The summed E-state index contributed by atoms with van der Waals surface area (Å²) in [6.45, 7) is 4.73. The van der Waals surface area contributed by atoms with Gasteiger partial charge in [-0.3, -0.25) is 0 Å².